The number of carbonyl (C=O) groups excluding carboxylic acids is 2. The Bertz CT molecular complexity index is 538. The molecule has 1 rings (SSSR count). The van der Waals surface area contributed by atoms with Gasteiger partial charge in [-0.2, -0.15) is 4.57 Å². The number of pyridine rings is 1. The van der Waals surface area contributed by atoms with Gasteiger partial charge in [-0.3, -0.25) is 0 Å². The highest BCUT2D eigenvalue weighted by Gasteiger charge is 2.26. The van der Waals surface area contributed by atoms with Crippen molar-refractivity contribution >= 4 is 30.3 Å². The molecule has 0 N–H and O–H groups in total. The molecule has 0 saturated carbocycles. The molecule has 0 saturated heterocycles. The van der Waals surface area contributed by atoms with Gasteiger partial charge in [0.2, 0.25) is 0 Å². The Hall–Kier alpha value is -1.95. The molecular weight excluding hydrogens is 290 g/mol. The van der Waals surface area contributed by atoms with Crippen molar-refractivity contribution in [3.63, 3.8) is 0 Å². The minimum Gasteiger partial charge on any atom is -0.766 e. The lowest BCUT2D eigenvalue weighted by atomic mass is 10.3. The van der Waals surface area contributed by atoms with Crippen LogP contribution in [-0.2, 0) is 31.7 Å². The number of hydrogen-bond donors (Lipinski definition) is 0. The highest BCUT2D eigenvalue weighted by Crippen LogP contribution is 2.10. The number of aromatic nitrogens is 1. The van der Waals surface area contributed by atoms with E-state index in [1.54, 1.807) is 58.3 Å². The first kappa shape index (κ1) is 17.1. The number of hydrogen-bond acceptors (Lipinski definition) is 5. The normalized spacial score (nSPS) is 12.1. The molecule has 0 radical (unpaired) electrons. The van der Waals surface area contributed by atoms with Crippen molar-refractivity contribution < 1.29 is 23.6 Å². The van der Waals surface area contributed by atoms with Crippen LogP contribution in [0.4, 0.5) is 0 Å². The molecular formula is C15H19NO4S. The van der Waals surface area contributed by atoms with Crippen LogP contribution in [0.1, 0.15) is 27.7 Å². The first-order valence-corrected chi connectivity index (χ1v) is 7.03. The van der Waals surface area contributed by atoms with Crippen LogP contribution < -0.4 is 4.57 Å². The molecule has 0 spiro atoms. The molecule has 0 aliphatic carbocycles. The summed E-state index contributed by atoms with van der Waals surface area (Å²) < 4.78 is 11.7. The average Bonchev–Trinajstić information content (AvgIpc) is 2.38. The number of rotatable bonds is 5. The van der Waals surface area contributed by atoms with Gasteiger partial charge in [0.1, 0.15) is 0 Å². The molecule has 0 aliphatic rings. The molecule has 5 nitrogen and oxygen atoms in total. The van der Waals surface area contributed by atoms with Crippen LogP contribution in [0.2, 0.25) is 0 Å². The van der Waals surface area contributed by atoms with Crippen molar-refractivity contribution in [2.75, 3.05) is 0 Å². The van der Waals surface area contributed by atoms with E-state index in [2.05, 4.69) is 0 Å². The van der Waals surface area contributed by atoms with Gasteiger partial charge in [0.05, 0.1) is 12.2 Å². The molecule has 0 unspecified atom stereocenters. The Morgan fingerprint density at radius 1 is 0.905 bits per heavy atom. The number of nitrogens with zero attached hydrogens (tertiary/aromatic N) is 1. The van der Waals surface area contributed by atoms with E-state index in [-0.39, 0.29) is 22.8 Å². The summed E-state index contributed by atoms with van der Waals surface area (Å²) in [6, 6.07) is 5.23. The first-order valence-electron chi connectivity index (χ1n) is 6.62. The zero-order chi connectivity index (χ0) is 16.0. The van der Waals surface area contributed by atoms with Crippen molar-refractivity contribution in [3.8, 4) is 0 Å². The van der Waals surface area contributed by atoms with Crippen LogP contribution in [0.5, 0.6) is 0 Å². The molecule has 0 fully saturated rings. The summed E-state index contributed by atoms with van der Waals surface area (Å²) in [5.41, 5.74) is -0.0232. The first-order chi connectivity index (χ1) is 9.82. The Morgan fingerprint density at radius 2 is 1.38 bits per heavy atom. The SMILES string of the molecule is CC(C)OC(=O)C([S-])=C(C(=O)OC(C)C)[n+]1ccccc1. The summed E-state index contributed by atoms with van der Waals surface area (Å²) in [5, 5.41) is 0. The molecule has 0 aliphatic heterocycles. The minimum atomic E-state index is -0.716. The van der Waals surface area contributed by atoms with E-state index in [1.807, 2.05) is 0 Å². The lowest BCUT2D eigenvalue weighted by Crippen LogP contribution is -2.39. The molecule has 1 heterocycles. The van der Waals surface area contributed by atoms with E-state index in [0.717, 1.165) is 0 Å². The van der Waals surface area contributed by atoms with Gasteiger partial charge in [-0.25, -0.2) is 9.59 Å². The van der Waals surface area contributed by atoms with E-state index < -0.39 is 11.9 Å². The third-order valence-electron chi connectivity index (χ3n) is 2.25. The third-order valence-corrected chi connectivity index (χ3v) is 2.61. The van der Waals surface area contributed by atoms with Crippen molar-refractivity contribution in [2.24, 2.45) is 0 Å². The van der Waals surface area contributed by atoms with Crippen molar-refractivity contribution in [1.82, 2.24) is 0 Å². The molecule has 114 valence electrons. The van der Waals surface area contributed by atoms with E-state index in [4.69, 9.17) is 22.1 Å². The Kier molecular flexibility index (Phi) is 6.30. The summed E-state index contributed by atoms with van der Waals surface area (Å²) in [5.74, 6) is -1.38. The summed E-state index contributed by atoms with van der Waals surface area (Å²) in [6.07, 6.45) is 2.59. The van der Waals surface area contributed by atoms with Gasteiger partial charge >= 0.3 is 11.9 Å². The average molecular weight is 309 g/mol. The fraction of sp³-hybridized carbons (Fsp3) is 0.400. The number of ether oxygens (including phenoxy) is 2. The zero-order valence-electron chi connectivity index (χ0n) is 12.5. The van der Waals surface area contributed by atoms with Crippen LogP contribution in [0.3, 0.4) is 0 Å². The van der Waals surface area contributed by atoms with Crippen molar-refractivity contribution in [2.45, 2.75) is 39.9 Å². The molecule has 21 heavy (non-hydrogen) atoms. The maximum absolute atomic E-state index is 12.2. The summed E-state index contributed by atoms with van der Waals surface area (Å²) in [6.45, 7) is 6.87. The van der Waals surface area contributed by atoms with Crippen LogP contribution in [0.25, 0.3) is 5.70 Å². The van der Waals surface area contributed by atoms with Crippen LogP contribution in [0.15, 0.2) is 35.5 Å². The van der Waals surface area contributed by atoms with Crippen LogP contribution >= 0.6 is 0 Å². The predicted octanol–water partition coefficient (Wildman–Crippen LogP) is 1.59. The largest absolute Gasteiger partial charge is 0.766 e. The number of esters is 2. The smallest absolute Gasteiger partial charge is 0.403 e. The van der Waals surface area contributed by atoms with Crippen LogP contribution in [0, 0.1) is 0 Å². The Morgan fingerprint density at radius 3 is 1.86 bits per heavy atom. The fourth-order valence-electron chi connectivity index (χ4n) is 1.50. The maximum Gasteiger partial charge on any atom is 0.403 e. The fourth-order valence-corrected chi connectivity index (χ4v) is 1.73. The predicted molar refractivity (Wildman–Crippen MR) is 79.7 cm³/mol. The van der Waals surface area contributed by atoms with E-state index in [0.29, 0.717) is 0 Å². The molecule has 0 aromatic carbocycles. The van der Waals surface area contributed by atoms with Gasteiger partial charge in [-0.1, -0.05) is 6.07 Å². The summed E-state index contributed by atoms with van der Waals surface area (Å²) in [7, 11) is 0. The lowest BCUT2D eigenvalue weighted by Gasteiger charge is -2.16. The van der Waals surface area contributed by atoms with Crippen LogP contribution in [-0.4, -0.2) is 24.1 Å². The highest BCUT2D eigenvalue weighted by molar-refractivity contribution is 7.65. The second kappa shape index (κ2) is 7.73. The molecule has 6 heteroatoms. The van der Waals surface area contributed by atoms with Gasteiger partial charge in [-0.05, 0) is 32.6 Å². The van der Waals surface area contributed by atoms with E-state index in [1.165, 1.54) is 4.57 Å². The van der Waals surface area contributed by atoms with Gasteiger partial charge in [-0.15, -0.1) is 0 Å². The summed E-state index contributed by atoms with van der Waals surface area (Å²) >= 11 is 5.09. The molecule has 0 bridgehead atoms. The van der Waals surface area contributed by atoms with Crippen molar-refractivity contribution in [1.29, 1.82) is 0 Å². The molecule has 1 aromatic heterocycles. The topological polar surface area (TPSA) is 56.5 Å². The third kappa shape index (κ3) is 5.15. The molecule has 0 atom stereocenters. The van der Waals surface area contributed by atoms with Gasteiger partial charge in [0.25, 0.3) is 5.70 Å². The highest BCUT2D eigenvalue weighted by atomic mass is 32.1. The Balaban J connectivity index is 3.24. The molecule has 0 amide bonds. The standard InChI is InChI=1S/C15H19NO4S/c1-10(2)19-14(17)12(16-8-6-5-7-9-16)13(21)15(18)20-11(3)4/h5-11H,1-4H3. The van der Waals surface area contributed by atoms with Gasteiger partial charge < -0.3 is 22.1 Å². The van der Waals surface area contributed by atoms with Gasteiger partial charge in [0, 0.05) is 12.1 Å². The summed E-state index contributed by atoms with van der Waals surface area (Å²) in [4.78, 5) is 24.0. The lowest BCUT2D eigenvalue weighted by molar-refractivity contribution is -0.578. The second-order valence-corrected chi connectivity index (χ2v) is 5.28. The molecule has 1 aromatic rings. The quantitative estimate of drug-likeness (QED) is 0.358. The van der Waals surface area contributed by atoms with E-state index >= 15 is 0 Å². The zero-order valence-corrected chi connectivity index (χ0v) is 13.3. The van der Waals surface area contributed by atoms with E-state index in [9.17, 15) is 9.59 Å². The minimum absolute atomic E-state index is 0.0232. The maximum atomic E-state index is 12.2. The monoisotopic (exact) mass is 309 g/mol. The van der Waals surface area contributed by atoms with Gasteiger partial charge in [0.15, 0.2) is 12.4 Å². The second-order valence-electron chi connectivity index (χ2n) is 4.87. The number of carbonyl (C=O) groups is 2. The van der Waals surface area contributed by atoms with Crippen molar-refractivity contribution in [3.05, 3.63) is 35.5 Å². The Labute approximate surface area is 130 Å².